The molecule has 1 saturated carbocycles. The standard InChI is InChI=1S/C28H41N7O2S/c1-2-3-16-29-28-30-21-25-26(33-35(27(25)32-28)23-10-5-4-6-11-23)22-12-14-24(15-13-22)38(36,37)31-17-9-20-34-18-7-8-19-34/h12-15,21,23,31H,2-11,16-20H2,1H3,(H,29,30,32). The summed E-state index contributed by atoms with van der Waals surface area (Å²) in [5.74, 6) is 0.631. The third-order valence-electron chi connectivity index (χ3n) is 7.76. The summed E-state index contributed by atoms with van der Waals surface area (Å²) in [6.07, 6.45) is 13.2. The molecule has 10 heteroatoms. The summed E-state index contributed by atoms with van der Waals surface area (Å²) in [5.41, 5.74) is 2.51. The van der Waals surface area contributed by atoms with E-state index in [1.807, 2.05) is 18.3 Å². The average molecular weight is 540 g/mol. The molecule has 5 rings (SSSR count). The molecule has 9 nitrogen and oxygen atoms in total. The van der Waals surface area contributed by atoms with Crippen LogP contribution in [0.5, 0.6) is 0 Å². The summed E-state index contributed by atoms with van der Waals surface area (Å²) in [7, 11) is -3.55. The van der Waals surface area contributed by atoms with E-state index in [9.17, 15) is 8.42 Å². The van der Waals surface area contributed by atoms with Gasteiger partial charge in [0.2, 0.25) is 16.0 Å². The fourth-order valence-corrected chi connectivity index (χ4v) is 6.64. The summed E-state index contributed by atoms with van der Waals surface area (Å²) in [6, 6.07) is 7.36. The monoisotopic (exact) mass is 539 g/mol. The van der Waals surface area contributed by atoms with Crippen LogP contribution in [0, 0.1) is 0 Å². The Morgan fingerprint density at radius 1 is 0.974 bits per heavy atom. The molecule has 2 fully saturated rings. The number of fused-ring (bicyclic) bond motifs is 1. The van der Waals surface area contributed by atoms with Crippen molar-refractivity contribution in [3.63, 3.8) is 0 Å². The van der Waals surface area contributed by atoms with E-state index >= 15 is 0 Å². The molecule has 1 saturated heterocycles. The van der Waals surface area contributed by atoms with Crippen molar-refractivity contribution in [3.8, 4) is 11.3 Å². The van der Waals surface area contributed by atoms with Crippen LogP contribution >= 0.6 is 0 Å². The average Bonchev–Trinajstić information content (AvgIpc) is 3.60. The molecule has 0 amide bonds. The predicted molar refractivity (Wildman–Crippen MR) is 152 cm³/mol. The first-order chi connectivity index (χ1) is 18.5. The quantitative estimate of drug-likeness (QED) is 0.313. The first-order valence-electron chi connectivity index (χ1n) is 14.4. The van der Waals surface area contributed by atoms with Crippen molar-refractivity contribution in [3.05, 3.63) is 30.5 Å². The lowest BCUT2D eigenvalue weighted by molar-refractivity contribution is 0.334. The van der Waals surface area contributed by atoms with Gasteiger partial charge < -0.3 is 10.2 Å². The number of anilines is 1. The van der Waals surface area contributed by atoms with Crippen LogP contribution in [0.2, 0.25) is 0 Å². The van der Waals surface area contributed by atoms with Gasteiger partial charge in [0.1, 0.15) is 5.69 Å². The van der Waals surface area contributed by atoms with Crippen molar-refractivity contribution in [1.82, 2.24) is 29.4 Å². The minimum Gasteiger partial charge on any atom is -0.354 e. The van der Waals surface area contributed by atoms with E-state index in [0.717, 1.165) is 80.6 Å². The van der Waals surface area contributed by atoms with E-state index in [-0.39, 0.29) is 4.90 Å². The zero-order valence-corrected chi connectivity index (χ0v) is 23.3. The van der Waals surface area contributed by atoms with Gasteiger partial charge in [-0.25, -0.2) is 22.8 Å². The second-order valence-electron chi connectivity index (χ2n) is 10.6. The van der Waals surface area contributed by atoms with Crippen molar-refractivity contribution in [2.75, 3.05) is 38.0 Å². The molecule has 0 atom stereocenters. The Bertz CT molecular complexity index is 1290. The topological polar surface area (TPSA) is 105 Å². The number of nitrogens with one attached hydrogen (secondary N) is 2. The van der Waals surface area contributed by atoms with Crippen LogP contribution in [0.15, 0.2) is 35.4 Å². The SMILES string of the molecule is CCCCNc1ncc2c(-c3ccc(S(=O)(=O)NCCCN4CCCC4)cc3)nn(C3CCCCC3)c2n1. The van der Waals surface area contributed by atoms with E-state index < -0.39 is 10.0 Å². The highest BCUT2D eigenvalue weighted by atomic mass is 32.2. The fraction of sp³-hybridized carbons (Fsp3) is 0.607. The van der Waals surface area contributed by atoms with Gasteiger partial charge in [-0.1, -0.05) is 44.7 Å². The van der Waals surface area contributed by atoms with Crippen LogP contribution in [-0.2, 0) is 10.0 Å². The number of nitrogens with zero attached hydrogens (tertiary/aromatic N) is 5. The smallest absolute Gasteiger partial charge is 0.240 e. The number of unbranched alkanes of at least 4 members (excludes halogenated alkanes) is 1. The Morgan fingerprint density at radius 2 is 1.74 bits per heavy atom. The number of rotatable bonds is 12. The highest BCUT2D eigenvalue weighted by molar-refractivity contribution is 7.89. The molecule has 3 heterocycles. The Hall–Kier alpha value is -2.56. The summed E-state index contributed by atoms with van der Waals surface area (Å²) < 4.78 is 30.6. The van der Waals surface area contributed by atoms with Gasteiger partial charge in [0, 0.05) is 24.8 Å². The van der Waals surface area contributed by atoms with E-state index in [1.165, 1.54) is 32.1 Å². The number of likely N-dealkylation sites (tertiary alicyclic amines) is 1. The van der Waals surface area contributed by atoms with Crippen LogP contribution in [-0.4, -0.2) is 65.8 Å². The van der Waals surface area contributed by atoms with Gasteiger partial charge in [-0.3, -0.25) is 0 Å². The van der Waals surface area contributed by atoms with Crippen molar-refractivity contribution < 1.29 is 8.42 Å². The molecule has 206 valence electrons. The Labute approximate surface area is 226 Å². The Balaban J connectivity index is 1.35. The maximum absolute atomic E-state index is 12.9. The van der Waals surface area contributed by atoms with Crippen molar-refractivity contribution in [1.29, 1.82) is 0 Å². The molecule has 0 bridgehead atoms. The zero-order chi connectivity index (χ0) is 26.4. The molecular weight excluding hydrogens is 498 g/mol. The van der Waals surface area contributed by atoms with Gasteiger partial charge in [-0.05, 0) is 70.3 Å². The van der Waals surface area contributed by atoms with Crippen LogP contribution < -0.4 is 10.0 Å². The minimum atomic E-state index is -3.55. The molecule has 2 aliphatic rings. The number of benzene rings is 1. The first kappa shape index (κ1) is 27.0. The molecule has 1 aliphatic carbocycles. The van der Waals surface area contributed by atoms with E-state index in [1.54, 1.807) is 12.1 Å². The molecule has 38 heavy (non-hydrogen) atoms. The van der Waals surface area contributed by atoms with Crippen molar-refractivity contribution in [2.45, 2.75) is 82.1 Å². The second-order valence-corrected chi connectivity index (χ2v) is 12.4. The highest BCUT2D eigenvalue weighted by Gasteiger charge is 2.23. The second kappa shape index (κ2) is 12.5. The Kier molecular flexibility index (Phi) is 8.91. The number of hydrogen-bond donors (Lipinski definition) is 2. The van der Waals surface area contributed by atoms with Gasteiger partial charge >= 0.3 is 0 Å². The van der Waals surface area contributed by atoms with Crippen molar-refractivity contribution >= 4 is 27.0 Å². The third kappa shape index (κ3) is 6.35. The summed E-state index contributed by atoms with van der Waals surface area (Å²) >= 11 is 0. The molecule has 1 aliphatic heterocycles. The normalized spacial score (nSPS) is 17.4. The van der Waals surface area contributed by atoms with Gasteiger partial charge in [0.25, 0.3) is 0 Å². The van der Waals surface area contributed by atoms with Crippen LogP contribution in [0.25, 0.3) is 22.3 Å². The van der Waals surface area contributed by atoms with Crippen LogP contribution in [0.1, 0.15) is 77.2 Å². The van der Waals surface area contributed by atoms with E-state index in [4.69, 9.17) is 10.1 Å². The first-order valence-corrected chi connectivity index (χ1v) is 15.8. The Morgan fingerprint density at radius 3 is 2.47 bits per heavy atom. The van der Waals surface area contributed by atoms with Crippen LogP contribution in [0.4, 0.5) is 5.95 Å². The number of hydrogen-bond acceptors (Lipinski definition) is 7. The summed E-state index contributed by atoms with van der Waals surface area (Å²) in [6.45, 7) is 6.65. The molecule has 1 aromatic carbocycles. The number of sulfonamides is 1. The van der Waals surface area contributed by atoms with Crippen LogP contribution in [0.3, 0.4) is 0 Å². The lowest BCUT2D eigenvalue weighted by atomic mass is 9.96. The molecule has 0 unspecified atom stereocenters. The van der Waals surface area contributed by atoms with Gasteiger partial charge in [-0.15, -0.1) is 0 Å². The fourth-order valence-electron chi connectivity index (χ4n) is 5.57. The predicted octanol–water partition coefficient (Wildman–Crippen LogP) is 4.97. The van der Waals surface area contributed by atoms with Crippen molar-refractivity contribution in [2.24, 2.45) is 0 Å². The maximum atomic E-state index is 12.9. The third-order valence-corrected chi connectivity index (χ3v) is 9.24. The van der Waals surface area contributed by atoms with Gasteiger partial charge in [-0.2, -0.15) is 10.1 Å². The molecular formula is C28H41N7O2S. The van der Waals surface area contributed by atoms with Gasteiger partial charge in [0.15, 0.2) is 5.65 Å². The molecule has 3 aromatic rings. The molecule has 0 radical (unpaired) electrons. The lowest BCUT2D eigenvalue weighted by Gasteiger charge is -2.22. The molecule has 2 N–H and O–H groups in total. The minimum absolute atomic E-state index is 0.275. The zero-order valence-electron chi connectivity index (χ0n) is 22.5. The molecule has 0 spiro atoms. The summed E-state index contributed by atoms with van der Waals surface area (Å²) in [4.78, 5) is 12.1. The van der Waals surface area contributed by atoms with Gasteiger partial charge in [0.05, 0.1) is 16.3 Å². The largest absolute Gasteiger partial charge is 0.354 e. The summed E-state index contributed by atoms with van der Waals surface area (Å²) in [5, 5.41) is 9.26. The molecule has 2 aromatic heterocycles. The number of aromatic nitrogens is 4. The lowest BCUT2D eigenvalue weighted by Crippen LogP contribution is -2.28. The van der Waals surface area contributed by atoms with E-state index in [2.05, 4.69) is 31.5 Å². The van der Waals surface area contributed by atoms with E-state index in [0.29, 0.717) is 18.5 Å². The highest BCUT2D eigenvalue weighted by Crippen LogP contribution is 2.34. The maximum Gasteiger partial charge on any atom is 0.240 e.